The van der Waals surface area contributed by atoms with Crippen molar-refractivity contribution in [3.63, 3.8) is 0 Å². The normalized spacial score (nSPS) is 14.7. The molecule has 0 saturated carbocycles. The lowest BCUT2D eigenvalue weighted by atomic mass is 10.0. The highest BCUT2D eigenvalue weighted by Crippen LogP contribution is 2.25. The van der Waals surface area contributed by atoms with Gasteiger partial charge in [-0.1, -0.05) is 66.6 Å². The van der Waals surface area contributed by atoms with E-state index >= 15 is 0 Å². The Morgan fingerprint density at radius 2 is 1.48 bits per heavy atom. The number of ether oxygens (including phenoxy) is 3. The zero-order valence-electron chi connectivity index (χ0n) is 15.7. The lowest BCUT2D eigenvalue weighted by Crippen LogP contribution is -3.14. The van der Waals surface area contributed by atoms with Crippen molar-refractivity contribution in [3.05, 3.63) is 71.8 Å². The van der Waals surface area contributed by atoms with Gasteiger partial charge in [-0.2, -0.15) is 0 Å². The van der Waals surface area contributed by atoms with Crippen LogP contribution in [0.3, 0.4) is 0 Å². The maximum absolute atomic E-state index is 6.12. The molecule has 1 aliphatic rings. The molecule has 0 amide bonds. The van der Waals surface area contributed by atoms with Crippen LogP contribution < -0.4 is 4.90 Å². The highest BCUT2D eigenvalue weighted by molar-refractivity contribution is 5.29. The Kier molecular flexibility index (Phi) is 8.37. The van der Waals surface area contributed by atoms with Crippen LogP contribution in [0.15, 0.2) is 60.7 Å². The lowest BCUT2D eigenvalue weighted by Gasteiger charge is -2.21. The minimum Gasteiger partial charge on any atom is -0.370 e. The van der Waals surface area contributed by atoms with E-state index in [1.807, 2.05) is 36.4 Å². The summed E-state index contributed by atoms with van der Waals surface area (Å²) in [6.07, 6.45) is -0.0768. The maximum Gasteiger partial charge on any atom is 0.139 e. The van der Waals surface area contributed by atoms with Crippen LogP contribution in [0.2, 0.25) is 0 Å². The molecule has 4 nitrogen and oxygen atoms in total. The molecule has 0 bridgehead atoms. The van der Waals surface area contributed by atoms with E-state index in [1.54, 1.807) is 0 Å². The van der Waals surface area contributed by atoms with E-state index in [4.69, 9.17) is 14.2 Å². The van der Waals surface area contributed by atoms with Gasteiger partial charge in [0.15, 0.2) is 0 Å². The van der Waals surface area contributed by atoms with E-state index in [0.717, 1.165) is 44.0 Å². The molecule has 1 aliphatic heterocycles. The van der Waals surface area contributed by atoms with Gasteiger partial charge < -0.3 is 19.1 Å². The molecule has 142 valence electrons. The lowest BCUT2D eigenvalue weighted by molar-refractivity contribution is -0.900. The molecule has 27 heavy (non-hydrogen) atoms. The predicted octanol–water partition coefficient (Wildman–Crippen LogP) is 1.73. The molecular weight excluding hydrogens is 338 g/mol. The Bertz CT molecular complexity index is 663. The fourth-order valence-electron chi connectivity index (χ4n) is 3.06. The first-order valence-corrected chi connectivity index (χ1v) is 9.60. The van der Waals surface area contributed by atoms with E-state index in [-0.39, 0.29) is 6.10 Å². The summed E-state index contributed by atoms with van der Waals surface area (Å²) in [5.74, 6) is 6.29. The molecule has 0 spiro atoms. The van der Waals surface area contributed by atoms with Gasteiger partial charge >= 0.3 is 0 Å². The summed E-state index contributed by atoms with van der Waals surface area (Å²) in [7, 11) is 0. The molecule has 0 atom stereocenters. The summed E-state index contributed by atoms with van der Waals surface area (Å²) >= 11 is 0. The molecule has 0 aromatic heterocycles. The van der Waals surface area contributed by atoms with Crippen molar-refractivity contribution >= 4 is 0 Å². The first-order chi connectivity index (χ1) is 13.4. The molecule has 4 heteroatoms. The smallest absolute Gasteiger partial charge is 0.139 e. The average Bonchev–Trinajstić information content (AvgIpc) is 2.75. The molecule has 0 radical (unpaired) electrons. The SMILES string of the molecule is C(#CC[NH+]1CCOCC1)COCCOC(c1ccccc1)c1ccccc1. The number of hydrogen-bond donors (Lipinski definition) is 1. The minimum absolute atomic E-state index is 0.0768. The average molecular weight is 366 g/mol. The van der Waals surface area contributed by atoms with E-state index in [0.29, 0.717) is 19.8 Å². The zero-order valence-corrected chi connectivity index (χ0v) is 15.7. The van der Waals surface area contributed by atoms with Crippen LogP contribution in [0.25, 0.3) is 0 Å². The van der Waals surface area contributed by atoms with Gasteiger partial charge in [0, 0.05) is 0 Å². The van der Waals surface area contributed by atoms with E-state index < -0.39 is 0 Å². The van der Waals surface area contributed by atoms with Gasteiger partial charge in [-0.05, 0) is 17.0 Å². The van der Waals surface area contributed by atoms with Crippen molar-refractivity contribution in [2.24, 2.45) is 0 Å². The first kappa shape index (κ1) is 19.6. The summed E-state index contributed by atoms with van der Waals surface area (Å²) in [6, 6.07) is 20.6. The Morgan fingerprint density at radius 3 is 2.11 bits per heavy atom. The highest BCUT2D eigenvalue weighted by Gasteiger charge is 2.14. The molecule has 3 rings (SSSR count). The first-order valence-electron chi connectivity index (χ1n) is 9.60. The molecule has 0 unspecified atom stereocenters. The summed E-state index contributed by atoms with van der Waals surface area (Å²) < 4.78 is 17.1. The minimum atomic E-state index is -0.0768. The van der Waals surface area contributed by atoms with Crippen molar-refractivity contribution in [3.8, 4) is 11.8 Å². The quantitative estimate of drug-likeness (QED) is 0.570. The van der Waals surface area contributed by atoms with Crippen molar-refractivity contribution < 1.29 is 19.1 Å². The van der Waals surface area contributed by atoms with E-state index in [2.05, 4.69) is 36.1 Å². The second-order valence-electron chi connectivity index (χ2n) is 6.52. The van der Waals surface area contributed by atoms with Crippen LogP contribution in [-0.4, -0.2) is 52.7 Å². The van der Waals surface area contributed by atoms with Crippen molar-refractivity contribution in [1.29, 1.82) is 0 Å². The third-order valence-electron chi connectivity index (χ3n) is 4.55. The second kappa shape index (κ2) is 11.5. The Balaban J connectivity index is 1.39. The van der Waals surface area contributed by atoms with Gasteiger partial charge in [0.1, 0.15) is 32.3 Å². The molecule has 2 aromatic rings. The van der Waals surface area contributed by atoms with Crippen LogP contribution in [0, 0.1) is 11.8 Å². The van der Waals surface area contributed by atoms with E-state index in [1.165, 1.54) is 4.90 Å². The maximum atomic E-state index is 6.12. The van der Waals surface area contributed by atoms with Crippen LogP contribution in [0.5, 0.6) is 0 Å². The Hall–Kier alpha value is -2.16. The Labute approximate surface area is 162 Å². The van der Waals surface area contributed by atoms with Crippen LogP contribution >= 0.6 is 0 Å². The van der Waals surface area contributed by atoms with Gasteiger partial charge in [0.05, 0.1) is 26.4 Å². The fourth-order valence-corrected chi connectivity index (χ4v) is 3.06. The molecule has 1 fully saturated rings. The van der Waals surface area contributed by atoms with Gasteiger partial charge in [-0.3, -0.25) is 0 Å². The number of rotatable bonds is 8. The standard InChI is InChI=1S/C23H27NO3/c1-3-9-21(10-4-1)23(22-11-5-2-6-12-22)27-20-19-25-16-8-7-13-24-14-17-26-18-15-24/h1-6,9-12,23H,13-20H2/p+1. The number of quaternary nitrogens is 1. The molecule has 1 saturated heterocycles. The third-order valence-corrected chi connectivity index (χ3v) is 4.55. The fraction of sp³-hybridized carbons (Fsp3) is 0.391. The molecule has 2 aromatic carbocycles. The zero-order chi connectivity index (χ0) is 18.6. The predicted molar refractivity (Wildman–Crippen MR) is 106 cm³/mol. The number of hydrogen-bond acceptors (Lipinski definition) is 3. The van der Waals surface area contributed by atoms with Crippen LogP contribution in [-0.2, 0) is 14.2 Å². The van der Waals surface area contributed by atoms with Crippen LogP contribution in [0.4, 0.5) is 0 Å². The summed E-state index contributed by atoms with van der Waals surface area (Å²) in [4.78, 5) is 1.49. The third kappa shape index (κ3) is 6.82. The number of benzene rings is 2. The summed E-state index contributed by atoms with van der Waals surface area (Å²) in [5, 5.41) is 0. The molecule has 1 heterocycles. The monoisotopic (exact) mass is 366 g/mol. The number of morpholine rings is 1. The Morgan fingerprint density at radius 1 is 0.852 bits per heavy atom. The van der Waals surface area contributed by atoms with Gasteiger partial charge in [0.2, 0.25) is 0 Å². The van der Waals surface area contributed by atoms with Crippen LogP contribution in [0.1, 0.15) is 17.2 Å². The largest absolute Gasteiger partial charge is 0.370 e. The van der Waals surface area contributed by atoms with Gasteiger partial charge in [0.25, 0.3) is 0 Å². The summed E-state index contributed by atoms with van der Waals surface area (Å²) in [6.45, 7) is 6.17. The highest BCUT2D eigenvalue weighted by atomic mass is 16.5. The van der Waals surface area contributed by atoms with Gasteiger partial charge in [-0.15, -0.1) is 0 Å². The molecule has 1 N–H and O–H groups in total. The molecular formula is C23H28NO3+. The molecule has 0 aliphatic carbocycles. The topological polar surface area (TPSA) is 32.1 Å². The van der Waals surface area contributed by atoms with Crippen molar-refractivity contribution in [2.45, 2.75) is 6.10 Å². The summed E-state index contributed by atoms with van der Waals surface area (Å²) in [5.41, 5.74) is 2.30. The van der Waals surface area contributed by atoms with E-state index in [9.17, 15) is 0 Å². The van der Waals surface area contributed by atoms with Crippen molar-refractivity contribution in [1.82, 2.24) is 0 Å². The van der Waals surface area contributed by atoms with Crippen molar-refractivity contribution in [2.75, 3.05) is 52.7 Å². The number of nitrogens with one attached hydrogen (secondary N) is 1. The van der Waals surface area contributed by atoms with Gasteiger partial charge in [-0.25, -0.2) is 0 Å². The second-order valence-corrected chi connectivity index (χ2v) is 6.52.